The zero-order valence-electron chi connectivity index (χ0n) is 7.50. The van der Waals surface area contributed by atoms with E-state index in [0.717, 1.165) is 5.56 Å². The molecule has 0 aliphatic rings. The molecule has 0 saturated carbocycles. The SMILES string of the molecule is CCOC(=O)c1ccc(C)c(Br)n1. The zero-order valence-corrected chi connectivity index (χ0v) is 9.09. The molecule has 1 heterocycles. The molecule has 1 aromatic rings. The number of hydrogen-bond donors (Lipinski definition) is 0. The van der Waals surface area contributed by atoms with Crippen LogP contribution < -0.4 is 0 Å². The predicted molar refractivity (Wildman–Crippen MR) is 52.6 cm³/mol. The molecule has 0 unspecified atom stereocenters. The minimum absolute atomic E-state index is 0.333. The van der Waals surface area contributed by atoms with E-state index >= 15 is 0 Å². The summed E-state index contributed by atoms with van der Waals surface area (Å²) in [6.07, 6.45) is 0. The molecule has 0 aliphatic carbocycles. The number of rotatable bonds is 2. The summed E-state index contributed by atoms with van der Waals surface area (Å²) in [7, 11) is 0. The monoisotopic (exact) mass is 243 g/mol. The summed E-state index contributed by atoms with van der Waals surface area (Å²) in [5.41, 5.74) is 1.33. The number of carbonyl (C=O) groups is 1. The fourth-order valence-electron chi connectivity index (χ4n) is 0.823. The summed E-state index contributed by atoms with van der Waals surface area (Å²) < 4.78 is 5.48. The summed E-state index contributed by atoms with van der Waals surface area (Å²) in [4.78, 5) is 15.2. The van der Waals surface area contributed by atoms with Crippen LogP contribution in [0.3, 0.4) is 0 Å². The lowest BCUT2D eigenvalue weighted by molar-refractivity contribution is 0.0519. The van der Waals surface area contributed by atoms with Crippen molar-refractivity contribution in [3.8, 4) is 0 Å². The van der Waals surface area contributed by atoms with Crippen LogP contribution in [-0.2, 0) is 4.74 Å². The number of aromatic nitrogens is 1. The third-order valence-electron chi connectivity index (χ3n) is 1.52. The van der Waals surface area contributed by atoms with Crippen molar-refractivity contribution in [1.29, 1.82) is 0 Å². The summed E-state index contributed by atoms with van der Waals surface area (Å²) in [6, 6.07) is 3.47. The number of ether oxygens (including phenoxy) is 1. The number of nitrogens with zero attached hydrogens (tertiary/aromatic N) is 1. The minimum Gasteiger partial charge on any atom is -0.461 e. The Kier molecular flexibility index (Phi) is 3.42. The summed E-state index contributed by atoms with van der Waals surface area (Å²) >= 11 is 3.25. The highest BCUT2D eigenvalue weighted by Crippen LogP contribution is 2.13. The van der Waals surface area contributed by atoms with Gasteiger partial charge in [-0.3, -0.25) is 0 Å². The van der Waals surface area contributed by atoms with Gasteiger partial charge in [0.05, 0.1) is 6.61 Å². The van der Waals surface area contributed by atoms with Crippen molar-refractivity contribution >= 4 is 21.9 Å². The Balaban J connectivity index is 2.90. The Morgan fingerprint density at radius 1 is 1.62 bits per heavy atom. The maximum atomic E-state index is 11.2. The van der Waals surface area contributed by atoms with Gasteiger partial charge < -0.3 is 4.74 Å². The van der Waals surface area contributed by atoms with Crippen LogP contribution >= 0.6 is 15.9 Å². The van der Waals surface area contributed by atoms with E-state index in [9.17, 15) is 4.79 Å². The molecule has 0 amide bonds. The number of aryl methyl sites for hydroxylation is 1. The fraction of sp³-hybridized carbons (Fsp3) is 0.333. The van der Waals surface area contributed by atoms with Crippen molar-refractivity contribution in [2.45, 2.75) is 13.8 Å². The first-order chi connectivity index (χ1) is 6.15. The van der Waals surface area contributed by atoms with E-state index in [2.05, 4.69) is 20.9 Å². The Bertz CT molecular complexity index is 325. The van der Waals surface area contributed by atoms with Crippen LogP contribution in [-0.4, -0.2) is 17.6 Å². The number of halogens is 1. The molecule has 1 rings (SSSR count). The van der Waals surface area contributed by atoms with Crippen molar-refractivity contribution in [3.63, 3.8) is 0 Å². The van der Waals surface area contributed by atoms with Gasteiger partial charge in [-0.1, -0.05) is 6.07 Å². The van der Waals surface area contributed by atoms with Crippen LogP contribution in [0.2, 0.25) is 0 Å². The Morgan fingerprint density at radius 2 is 2.31 bits per heavy atom. The highest BCUT2D eigenvalue weighted by molar-refractivity contribution is 9.10. The van der Waals surface area contributed by atoms with Crippen molar-refractivity contribution in [2.24, 2.45) is 0 Å². The molecule has 0 spiro atoms. The second-order valence-electron chi connectivity index (χ2n) is 2.52. The second kappa shape index (κ2) is 4.37. The van der Waals surface area contributed by atoms with Gasteiger partial charge in [0.15, 0.2) is 0 Å². The number of carbonyl (C=O) groups excluding carboxylic acids is 1. The van der Waals surface area contributed by atoms with E-state index < -0.39 is 0 Å². The Hall–Kier alpha value is -0.900. The van der Waals surface area contributed by atoms with Gasteiger partial charge in [0.1, 0.15) is 10.3 Å². The number of pyridine rings is 1. The topological polar surface area (TPSA) is 39.2 Å². The quantitative estimate of drug-likeness (QED) is 0.592. The van der Waals surface area contributed by atoms with Gasteiger partial charge in [0.2, 0.25) is 0 Å². The molecular weight excluding hydrogens is 234 g/mol. The molecule has 0 saturated heterocycles. The molecule has 13 heavy (non-hydrogen) atoms. The lowest BCUT2D eigenvalue weighted by atomic mass is 10.3. The Labute approximate surface area is 85.3 Å². The summed E-state index contributed by atoms with van der Waals surface area (Å²) in [5.74, 6) is -0.386. The summed E-state index contributed by atoms with van der Waals surface area (Å²) in [5, 5.41) is 0. The normalized spacial score (nSPS) is 9.77. The third-order valence-corrected chi connectivity index (χ3v) is 2.32. The van der Waals surface area contributed by atoms with Crippen LogP contribution in [0.15, 0.2) is 16.7 Å². The van der Waals surface area contributed by atoms with Crippen LogP contribution in [0.1, 0.15) is 23.0 Å². The minimum atomic E-state index is -0.386. The first-order valence-electron chi connectivity index (χ1n) is 3.95. The second-order valence-corrected chi connectivity index (χ2v) is 3.28. The molecule has 0 bridgehead atoms. The highest BCUT2D eigenvalue weighted by atomic mass is 79.9. The maximum absolute atomic E-state index is 11.2. The number of hydrogen-bond acceptors (Lipinski definition) is 3. The summed E-state index contributed by atoms with van der Waals surface area (Å²) in [6.45, 7) is 4.04. The molecule has 0 aliphatic heterocycles. The molecule has 0 radical (unpaired) electrons. The molecular formula is C9H10BrNO2. The van der Waals surface area contributed by atoms with E-state index in [1.807, 2.05) is 13.0 Å². The van der Waals surface area contributed by atoms with Crippen molar-refractivity contribution in [1.82, 2.24) is 4.98 Å². The van der Waals surface area contributed by atoms with Gasteiger partial charge in [-0.05, 0) is 41.4 Å². The van der Waals surface area contributed by atoms with Gasteiger partial charge in [-0.25, -0.2) is 9.78 Å². The third kappa shape index (κ3) is 2.52. The molecule has 3 nitrogen and oxygen atoms in total. The van der Waals surface area contributed by atoms with Gasteiger partial charge in [-0.2, -0.15) is 0 Å². The van der Waals surface area contributed by atoms with Crippen LogP contribution in [0, 0.1) is 6.92 Å². The van der Waals surface area contributed by atoms with Gasteiger partial charge in [0, 0.05) is 0 Å². The van der Waals surface area contributed by atoms with Gasteiger partial charge in [-0.15, -0.1) is 0 Å². The molecule has 70 valence electrons. The smallest absolute Gasteiger partial charge is 0.356 e. The standard InChI is InChI=1S/C9H10BrNO2/c1-3-13-9(12)7-5-4-6(2)8(10)11-7/h4-5H,3H2,1-2H3. The lowest BCUT2D eigenvalue weighted by Gasteiger charge is -2.02. The van der Waals surface area contributed by atoms with Crippen molar-refractivity contribution in [3.05, 3.63) is 28.0 Å². The lowest BCUT2D eigenvalue weighted by Crippen LogP contribution is -2.07. The fourth-order valence-corrected chi connectivity index (χ4v) is 1.15. The number of esters is 1. The first kappa shape index (κ1) is 10.2. The zero-order chi connectivity index (χ0) is 9.84. The van der Waals surface area contributed by atoms with Crippen molar-refractivity contribution < 1.29 is 9.53 Å². The molecule has 1 aromatic heterocycles. The van der Waals surface area contributed by atoms with E-state index in [4.69, 9.17) is 4.74 Å². The van der Waals surface area contributed by atoms with Gasteiger partial charge in [0.25, 0.3) is 0 Å². The largest absolute Gasteiger partial charge is 0.461 e. The van der Waals surface area contributed by atoms with Crippen molar-refractivity contribution in [2.75, 3.05) is 6.61 Å². The van der Waals surface area contributed by atoms with E-state index in [0.29, 0.717) is 16.9 Å². The average Bonchev–Trinajstić information content (AvgIpc) is 2.10. The maximum Gasteiger partial charge on any atom is 0.356 e. The van der Waals surface area contributed by atoms with E-state index in [1.54, 1.807) is 13.0 Å². The first-order valence-corrected chi connectivity index (χ1v) is 4.74. The Morgan fingerprint density at radius 3 is 2.85 bits per heavy atom. The average molecular weight is 244 g/mol. The van der Waals surface area contributed by atoms with Gasteiger partial charge >= 0.3 is 5.97 Å². The van der Waals surface area contributed by atoms with Crippen LogP contribution in [0.25, 0.3) is 0 Å². The highest BCUT2D eigenvalue weighted by Gasteiger charge is 2.08. The molecule has 0 fully saturated rings. The van der Waals surface area contributed by atoms with E-state index in [-0.39, 0.29) is 5.97 Å². The molecule has 0 aromatic carbocycles. The molecule has 0 atom stereocenters. The van der Waals surface area contributed by atoms with E-state index in [1.165, 1.54) is 0 Å². The predicted octanol–water partition coefficient (Wildman–Crippen LogP) is 2.33. The van der Waals surface area contributed by atoms with Crippen LogP contribution in [0.4, 0.5) is 0 Å². The molecule has 4 heteroatoms. The van der Waals surface area contributed by atoms with Crippen LogP contribution in [0.5, 0.6) is 0 Å². The molecule has 0 N–H and O–H groups in total.